The largest absolute Gasteiger partial charge is 0.481 e. The zero-order chi connectivity index (χ0) is 13.3. The second kappa shape index (κ2) is 4.78. The molecule has 1 aliphatic carbocycles. The lowest BCUT2D eigenvalue weighted by molar-refractivity contribution is -0.150. The number of rotatable bonds is 3. The third-order valence-corrected chi connectivity index (χ3v) is 4.29. The molecular weight excluding hydrogens is 232 g/mol. The average molecular weight is 254 g/mol. The molecule has 0 aromatic carbocycles. The van der Waals surface area contributed by atoms with Crippen molar-refractivity contribution < 1.29 is 14.7 Å². The van der Waals surface area contributed by atoms with E-state index in [0.29, 0.717) is 25.4 Å². The van der Waals surface area contributed by atoms with Crippen LogP contribution < -0.4 is 5.32 Å². The van der Waals surface area contributed by atoms with Crippen molar-refractivity contribution in [2.75, 3.05) is 19.6 Å². The molecule has 3 atom stereocenters. The van der Waals surface area contributed by atoms with Crippen molar-refractivity contribution in [1.29, 1.82) is 0 Å². The van der Waals surface area contributed by atoms with Crippen LogP contribution in [0.5, 0.6) is 0 Å². The van der Waals surface area contributed by atoms with Gasteiger partial charge in [-0.1, -0.05) is 6.92 Å². The lowest BCUT2D eigenvalue weighted by Gasteiger charge is -2.37. The van der Waals surface area contributed by atoms with Crippen molar-refractivity contribution in [2.24, 2.45) is 17.3 Å². The number of hydrogen-bond donors (Lipinski definition) is 2. The maximum absolute atomic E-state index is 12.0. The molecule has 2 fully saturated rings. The Balaban J connectivity index is 1.84. The van der Waals surface area contributed by atoms with Crippen molar-refractivity contribution in [1.82, 2.24) is 10.2 Å². The van der Waals surface area contributed by atoms with E-state index in [4.69, 9.17) is 0 Å². The Morgan fingerprint density at radius 3 is 2.72 bits per heavy atom. The average Bonchev–Trinajstić information content (AvgIpc) is 3.02. The first-order valence-electron chi connectivity index (χ1n) is 6.68. The molecule has 5 nitrogen and oxygen atoms in total. The van der Waals surface area contributed by atoms with Gasteiger partial charge in [-0.05, 0) is 38.0 Å². The minimum Gasteiger partial charge on any atom is -0.481 e. The standard InChI is InChI=1S/C13H22N2O3/c1-9-6-10(9)7-14-12(18)15-5-3-4-13(2,8-15)11(16)17/h9-10H,3-8H2,1-2H3,(H,14,18)(H,16,17). The number of piperidine rings is 1. The van der Waals surface area contributed by atoms with E-state index in [1.54, 1.807) is 11.8 Å². The third kappa shape index (κ3) is 2.76. The molecule has 2 amide bonds. The highest BCUT2D eigenvalue weighted by molar-refractivity contribution is 5.78. The van der Waals surface area contributed by atoms with Gasteiger partial charge < -0.3 is 15.3 Å². The summed E-state index contributed by atoms with van der Waals surface area (Å²) in [5.41, 5.74) is -0.789. The van der Waals surface area contributed by atoms with Gasteiger partial charge in [0.15, 0.2) is 0 Å². The second-order valence-corrected chi connectivity index (χ2v) is 6.05. The van der Waals surface area contributed by atoms with Gasteiger partial charge in [0.25, 0.3) is 0 Å². The van der Waals surface area contributed by atoms with Crippen molar-refractivity contribution in [3.05, 3.63) is 0 Å². The number of amides is 2. The number of hydrogen-bond acceptors (Lipinski definition) is 2. The third-order valence-electron chi connectivity index (χ3n) is 4.29. The highest BCUT2D eigenvalue weighted by Gasteiger charge is 2.40. The van der Waals surface area contributed by atoms with Crippen LogP contribution in [0.2, 0.25) is 0 Å². The summed E-state index contributed by atoms with van der Waals surface area (Å²) < 4.78 is 0. The minimum absolute atomic E-state index is 0.110. The Morgan fingerprint density at radius 1 is 1.50 bits per heavy atom. The Bertz CT molecular complexity index is 358. The molecule has 0 aromatic heterocycles. The summed E-state index contributed by atoms with van der Waals surface area (Å²) in [5.74, 6) is 0.524. The van der Waals surface area contributed by atoms with Crippen molar-refractivity contribution in [3.63, 3.8) is 0 Å². The first-order chi connectivity index (χ1) is 8.42. The molecule has 0 radical (unpaired) electrons. The van der Waals surface area contributed by atoms with Gasteiger partial charge in [0.2, 0.25) is 0 Å². The lowest BCUT2D eigenvalue weighted by atomic mass is 9.82. The summed E-state index contributed by atoms with van der Waals surface area (Å²) in [6.45, 7) is 5.60. The maximum Gasteiger partial charge on any atom is 0.317 e. The van der Waals surface area contributed by atoms with E-state index < -0.39 is 11.4 Å². The molecule has 0 aromatic rings. The van der Waals surface area contributed by atoms with E-state index in [9.17, 15) is 14.7 Å². The van der Waals surface area contributed by atoms with Crippen LogP contribution in [0.15, 0.2) is 0 Å². The Morgan fingerprint density at radius 2 is 2.17 bits per heavy atom. The summed E-state index contributed by atoms with van der Waals surface area (Å²) in [7, 11) is 0. The number of carboxylic acids is 1. The molecule has 2 N–H and O–H groups in total. The number of carbonyl (C=O) groups excluding carboxylic acids is 1. The number of nitrogens with one attached hydrogen (secondary N) is 1. The Labute approximate surface area is 108 Å². The molecule has 1 heterocycles. The van der Waals surface area contributed by atoms with Gasteiger partial charge in [0.05, 0.1) is 5.41 Å². The van der Waals surface area contributed by atoms with Gasteiger partial charge in [-0.15, -0.1) is 0 Å². The summed E-state index contributed by atoms with van der Waals surface area (Å²) in [6, 6.07) is -0.110. The Hall–Kier alpha value is -1.26. The molecule has 102 valence electrons. The van der Waals surface area contributed by atoms with E-state index in [1.807, 2.05) is 0 Å². The fourth-order valence-corrected chi connectivity index (χ4v) is 2.60. The number of nitrogens with zero attached hydrogens (tertiary/aromatic N) is 1. The van der Waals surface area contributed by atoms with Crippen LogP contribution in [0.3, 0.4) is 0 Å². The highest BCUT2D eigenvalue weighted by Crippen LogP contribution is 2.37. The molecule has 1 saturated carbocycles. The van der Waals surface area contributed by atoms with Crippen LogP contribution >= 0.6 is 0 Å². The zero-order valence-corrected chi connectivity index (χ0v) is 11.1. The van der Waals surface area contributed by atoms with E-state index in [-0.39, 0.29) is 6.03 Å². The predicted molar refractivity (Wildman–Crippen MR) is 67.2 cm³/mol. The van der Waals surface area contributed by atoms with Gasteiger partial charge in [0, 0.05) is 19.6 Å². The first kappa shape index (κ1) is 13.2. The number of carboxylic acid groups (broad SMARTS) is 1. The number of aliphatic carboxylic acids is 1. The van der Waals surface area contributed by atoms with Gasteiger partial charge in [-0.25, -0.2) is 4.79 Å². The fraction of sp³-hybridized carbons (Fsp3) is 0.846. The maximum atomic E-state index is 12.0. The first-order valence-corrected chi connectivity index (χ1v) is 6.68. The van der Waals surface area contributed by atoms with Gasteiger partial charge in [-0.3, -0.25) is 4.79 Å². The van der Waals surface area contributed by atoms with E-state index in [2.05, 4.69) is 12.2 Å². The van der Waals surface area contributed by atoms with E-state index in [1.165, 1.54) is 6.42 Å². The molecule has 1 saturated heterocycles. The number of urea groups is 1. The van der Waals surface area contributed by atoms with E-state index in [0.717, 1.165) is 18.9 Å². The number of likely N-dealkylation sites (tertiary alicyclic amines) is 1. The van der Waals surface area contributed by atoms with Crippen LogP contribution in [0.4, 0.5) is 4.79 Å². The molecule has 0 spiro atoms. The predicted octanol–water partition coefficient (Wildman–Crippen LogP) is 1.54. The zero-order valence-electron chi connectivity index (χ0n) is 11.1. The van der Waals surface area contributed by atoms with Gasteiger partial charge >= 0.3 is 12.0 Å². The normalized spacial score (nSPS) is 35.1. The summed E-state index contributed by atoms with van der Waals surface area (Å²) >= 11 is 0. The smallest absolute Gasteiger partial charge is 0.317 e. The summed E-state index contributed by atoms with van der Waals surface area (Å²) in [4.78, 5) is 24.8. The topological polar surface area (TPSA) is 69.6 Å². The van der Waals surface area contributed by atoms with Crippen LogP contribution in [-0.2, 0) is 4.79 Å². The quantitative estimate of drug-likeness (QED) is 0.802. The SMILES string of the molecule is CC1CC1CNC(=O)N1CCCC(C)(C(=O)O)C1. The highest BCUT2D eigenvalue weighted by atomic mass is 16.4. The number of carbonyl (C=O) groups is 2. The summed E-state index contributed by atoms with van der Waals surface area (Å²) in [5, 5.41) is 12.1. The molecule has 5 heteroatoms. The molecule has 3 unspecified atom stereocenters. The van der Waals surface area contributed by atoms with E-state index >= 15 is 0 Å². The van der Waals surface area contributed by atoms with Crippen LogP contribution in [0.25, 0.3) is 0 Å². The fourth-order valence-electron chi connectivity index (χ4n) is 2.60. The van der Waals surface area contributed by atoms with Crippen LogP contribution in [0, 0.1) is 17.3 Å². The molecule has 0 bridgehead atoms. The van der Waals surface area contributed by atoms with Gasteiger partial charge in [0.1, 0.15) is 0 Å². The van der Waals surface area contributed by atoms with Crippen LogP contribution in [0.1, 0.15) is 33.1 Å². The second-order valence-electron chi connectivity index (χ2n) is 6.05. The lowest BCUT2D eigenvalue weighted by Crippen LogP contribution is -2.51. The molecule has 1 aliphatic heterocycles. The Kier molecular flexibility index (Phi) is 3.50. The molecule has 2 rings (SSSR count). The molecular formula is C13H22N2O3. The molecule has 2 aliphatic rings. The van der Waals surface area contributed by atoms with Gasteiger partial charge in [-0.2, -0.15) is 0 Å². The van der Waals surface area contributed by atoms with Crippen molar-refractivity contribution in [2.45, 2.75) is 33.1 Å². The monoisotopic (exact) mass is 254 g/mol. The van der Waals surface area contributed by atoms with Crippen molar-refractivity contribution >= 4 is 12.0 Å². The summed E-state index contributed by atoms with van der Waals surface area (Å²) in [6.07, 6.45) is 2.59. The van der Waals surface area contributed by atoms with Crippen molar-refractivity contribution in [3.8, 4) is 0 Å². The molecule has 18 heavy (non-hydrogen) atoms. The van der Waals surface area contributed by atoms with Crippen LogP contribution in [-0.4, -0.2) is 41.6 Å². The minimum atomic E-state index is -0.809.